The van der Waals surface area contributed by atoms with E-state index in [2.05, 4.69) is 18.8 Å². The zero-order valence-corrected chi connectivity index (χ0v) is 8.59. The highest BCUT2D eigenvalue weighted by Gasteiger charge is 2.17. The van der Waals surface area contributed by atoms with Crippen molar-refractivity contribution >= 4 is 0 Å². The molecule has 1 aliphatic heterocycles. The van der Waals surface area contributed by atoms with Gasteiger partial charge in [-0.25, -0.2) is 0 Å². The summed E-state index contributed by atoms with van der Waals surface area (Å²) in [6.45, 7) is 5.48. The zero-order valence-electron chi connectivity index (χ0n) is 8.59. The Labute approximate surface area is 83.1 Å². The van der Waals surface area contributed by atoms with Crippen molar-refractivity contribution < 1.29 is 4.74 Å². The lowest BCUT2D eigenvalue weighted by Crippen LogP contribution is -2.23. The number of hydrogen-bond acceptors (Lipinski definition) is 2. The maximum absolute atomic E-state index is 11.5. The second-order valence-electron chi connectivity index (χ2n) is 3.99. The number of ether oxygens (including phenoxy) is 1. The van der Waals surface area contributed by atoms with Gasteiger partial charge in [0.1, 0.15) is 0 Å². The molecule has 3 nitrogen and oxygen atoms in total. The Morgan fingerprint density at radius 2 is 2.21 bits per heavy atom. The minimum absolute atomic E-state index is 0.00380. The van der Waals surface area contributed by atoms with Crippen LogP contribution >= 0.6 is 0 Å². The Morgan fingerprint density at radius 3 is 2.93 bits per heavy atom. The fourth-order valence-electron chi connectivity index (χ4n) is 1.94. The molecule has 0 amide bonds. The second kappa shape index (κ2) is 3.58. The van der Waals surface area contributed by atoms with Gasteiger partial charge in [-0.3, -0.25) is 4.79 Å². The molecule has 1 aliphatic rings. The van der Waals surface area contributed by atoms with E-state index in [1.54, 1.807) is 0 Å². The van der Waals surface area contributed by atoms with Crippen molar-refractivity contribution in [2.24, 2.45) is 0 Å². The minimum Gasteiger partial charge on any atom is -0.376 e. The van der Waals surface area contributed by atoms with Gasteiger partial charge in [0.25, 0.3) is 5.56 Å². The Hall–Kier alpha value is -1.09. The van der Waals surface area contributed by atoms with Crippen LogP contribution in [0.4, 0.5) is 0 Å². The van der Waals surface area contributed by atoms with Gasteiger partial charge >= 0.3 is 0 Å². The van der Waals surface area contributed by atoms with Gasteiger partial charge in [-0.15, -0.1) is 0 Å². The SMILES string of the molecule is CC(C)c1c[nH]c(=O)c2c1CCOC2. The predicted octanol–water partition coefficient (Wildman–Crippen LogP) is 1.57. The van der Waals surface area contributed by atoms with E-state index >= 15 is 0 Å². The van der Waals surface area contributed by atoms with E-state index < -0.39 is 0 Å². The summed E-state index contributed by atoms with van der Waals surface area (Å²) >= 11 is 0. The third kappa shape index (κ3) is 1.48. The van der Waals surface area contributed by atoms with Crippen LogP contribution in [0.1, 0.15) is 36.5 Å². The third-order valence-electron chi connectivity index (χ3n) is 2.71. The lowest BCUT2D eigenvalue weighted by Gasteiger charge is -2.20. The van der Waals surface area contributed by atoms with Crippen LogP contribution in [-0.2, 0) is 17.8 Å². The van der Waals surface area contributed by atoms with Crippen LogP contribution in [0.3, 0.4) is 0 Å². The highest BCUT2D eigenvalue weighted by atomic mass is 16.5. The van der Waals surface area contributed by atoms with Gasteiger partial charge in [0.15, 0.2) is 0 Å². The van der Waals surface area contributed by atoms with Gasteiger partial charge in [-0.05, 0) is 23.5 Å². The number of rotatable bonds is 1. The molecule has 0 spiro atoms. The summed E-state index contributed by atoms with van der Waals surface area (Å²) in [6, 6.07) is 0. The highest BCUT2D eigenvalue weighted by Crippen LogP contribution is 2.23. The monoisotopic (exact) mass is 193 g/mol. The molecule has 0 bridgehead atoms. The van der Waals surface area contributed by atoms with Gasteiger partial charge in [0.2, 0.25) is 0 Å². The lowest BCUT2D eigenvalue weighted by molar-refractivity contribution is 0.109. The van der Waals surface area contributed by atoms with Crippen molar-refractivity contribution in [2.75, 3.05) is 6.61 Å². The van der Waals surface area contributed by atoms with Crippen LogP contribution in [0.2, 0.25) is 0 Å². The molecule has 0 fully saturated rings. The first-order valence-electron chi connectivity index (χ1n) is 5.01. The average molecular weight is 193 g/mol. The summed E-state index contributed by atoms with van der Waals surface area (Å²) in [5.74, 6) is 0.457. The van der Waals surface area contributed by atoms with Gasteiger partial charge in [0.05, 0.1) is 13.2 Å². The highest BCUT2D eigenvalue weighted by molar-refractivity contribution is 5.34. The predicted molar refractivity (Wildman–Crippen MR) is 54.5 cm³/mol. The van der Waals surface area contributed by atoms with Crippen molar-refractivity contribution in [3.63, 3.8) is 0 Å². The maximum Gasteiger partial charge on any atom is 0.253 e. The summed E-state index contributed by atoms with van der Waals surface area (Å²) in [4.78, 5) is 14.3. The van der Waals surface area contributed by atoms with Crippen molar-refractivity contribution in [2.45, 2.75) is 32.8 Å². The number of pyridine rings is 1. The largest absolute Gasteiger partial charge is 0.376 e. The van der Waals surface area contributed by atoms with E-state index in [-0.39, 0.29) is 5.56 Å². The molecule has 2 rings (SSSR count). The first kappa shape index (κ1) is 9.46. The molecule has 0 radical (unpaired) electrons. The quantitative estimate of drug-likeness (QED) is 0.735. The van der Waals surface area contributed by atoms with E-state index in [9.17, 15) is 4.79 Å². The number of H-pyrrole nitrogens is 1. The van der Waals surface area contributed by atoms with Crippen molar-refractivity contribution in [1.29, 1.82) is 0 Å². The summed E-state index contributed by atoms with van der Waals surface area (Å²) < 4.78 is 5.29. The Morgan fingerprint density at radius 1 is 1.43 bits per heavy atom. The van der Waals surface area contributed by atoms with Crippen LogP contribution in [0, 0.1) is 0 Å². The smallest absolute Gasteiger partial charge is 0.253 e. The molecule has 1 aromatic heterocycles. The van der Waals surface area contributed by atoms with E-state index in [4.69, 9.17) is 4.74 Å². The molecule has 76 valence electrons. The Bertz CT molecular complexity index is 393. The van der Waals surface area contributed by atoms with Crippen LogP contribution < -0.4 is 5.56 Å². The van der Waals surface area contributed by atoms with Crippen LogP contribution in [0.15, 0.2) is 11.0 Å². The Balaban J connectivity index is 2.59. The van der Waals surface area contributed by atoms with Crippen molar-refractivity contribution in [3.05, 3.63) is 33.2 Å². The van der Waals surface area contributed by atoms with Crippen LogP contribution in [0.5, 0.6) is 0 Å². The molecule has 3 heteroatoms. The summed E-state index contributed by atoms with van der Waals surface area (Å²) in [7, 11) is 0. The molecule has 1 N–H and O–H groups in total. The van der Waals surface area contributed by atoms with Crippen molar-refractivity contribution in [3.8, 4) is 0 Å². The third-order valence-corrected chi connectivity index (χ3v) is 2.71. The summed E-state index contributed by atoms with van der Waals surface area (Å²) in [6.07, 6.45) is 2.71. The number of hydrogen-bond donors (Lipinski definition) is 1. The topological polar surface area (TPSA) is 42.1 Å². The normalized spacial score (nSPS) is 15.6. The van der Waals surface area contributed by atoms with Gasteiger partial charge < -0.3 is 9.72 Å². The molecule has 14 heavy (non-hydrogen) atoms. The minimum atomic E-state index is 0.00380. The number of fused-ring (bicyclic) bond motifs is 1. The van der Waals surface area contributed by atoms with E-state index in [1.165, 1.54) is 11.1 Å². The average Bonchev–Trinajstić information content (AvgIpc) is 2.18. The van der Waals surface area contributed by atoms with E-state index in [0.29, 0.717) is 12.5 Å². The lowest BCUT2D eigenvalue weighted by atomic mass is 9.93. The Kier molecular flexibility index (Phi) is 2.42. The van der Waals surface area contributed by atoms with Gasteiger partial charge in [-0.1, -0.05) is 13.8 Å². The number of aromatic nitrogens is 1. The molecule has 0 saturated heterocycles. The van der Waals surface area contributed by atoms with E-state index in [1.807, 2.05) is 6.20 Å². The van der Waals surface area contributed by atoms with E-state index in [0.717, 1.165) is 18.6 Å². The van der Waals surface area contributed by atoms with Crippen LogP contribution in [-0.4, -0.2) is 11.6 Å². The molecule has 0 aromatic carbocycles. The molecular weight excluding hydrogens is 178 g/mol. The second-order valence-corrected chi connectivity index (χ2v) is 3.99. The van der Waals surface area contributed by atoms with Crippen molar-refractivity contribution in [1.82, 2.24) is 4.98 Å². The number of nitrogens with one attached hydrogen (secondary N) is 1. The zero-order chi connectivity index (χ0) is 10.1. The van der Waals surface area contributed by atoms with Crippen LogP contribution in [0.25, 0.3) is 0 Å². The van der Waals surface area contributed by atoms with Gasteiger partial charge in [-0.2, -0.15) is 0 Å². The molecule has 1 aromatic rings. The molecule has 0 unspecified atom stereocenters. The first-order chi connectivity index (χ1) is 6.70. The molecule has 0 aliphatic carbocycles. The molecular formula is C11H15NO2. The fourth-order valence-corrected chi connectivity index (χ4v) is 1.94. The first-order valence-corrected chi connectivity index (χ1v) is 5.01. The maximum atomic E-state index is 11.5. The number of aromatic amines is 1. The fraction of sp³-hybridized carbons (Fsp3) is 0.545. The molecule has 2 heterocycles. The summed E-state index contributed by atoms with van der Waals surface area (Å²) in [5.41, 5.74) is 3.28. The molecule has 0 atom stereocenters. The molecule has 0 saturated carbocycles. The standard InChI is InChI=1S/C11H15NO2/c1-7(2)9-5-12-11(13)10-6-14-4-3-8(9)10/h5,7H,3-4,6H2,1-2H3,(H,12,13). The van der Waals surface area contributed by atoms with Gasteiger partial charge in [0, 0.05) is 11.8 Å². The summed E-state index contributed by atoms with van der Waals surface area (Å²) in [5, 5.41) is 0.